The van der Waals surface area contributed by atoms with Gasteiger partial charge in [0.2, 0.25) is 11.8 Å². The summed E-state index contributed by atoms with van der Waals surface area (Å²) >= 11 is 0. The molecular weight excluding hydrogens is 520 g/mol. The number of ether oxygens (including phenoxy) is 2. The van der Waals surface area contributed by atoms with E-state index < -0.39 is 23.6 Å². The Labute approximate surface area is 242 Å². The van der Waals surface area contributed by atoms with Crippen LogP contribution in [0.4, 0.5) is 0 Å². The van der Waals surface area contributed by atoms with Crippen LogP contribution in [-0.2, 0) is 36.8 Å². The Morgan fingerprint density at radius 3 is 2.17 bits per heavy atom. The van der Waals surface area contributed by atoms with E-state index in [2.05, 4.69) is 10.6 Å². The van der Waals surface area contributed by atoms with Gasteiger partial charge in [0.25, 0.3) is 0 Å². The molecule has 1 aliphatic carbocycles. The first-order valence-electron chi connectivity index (χ1n) is 14.7. The van der Waals surface area contributed by atoms with Crippen molar-refractivity contribution in [2.75, 3.05) is 13.7 Å². The maximum atomic E-state index is 13.8. The lowest BCUT2D eigenvalue weighted by atomic mass is 9.88. The molecule has 4 atom stereocenters. The predicted molar refractivity (Wildman–Crippen MR) is 155 cm³/mol. The Balaban J connectivity index is 1.49. The number of hydrogen-bond acceptors (Lipinski definition) is 6. The number of methoxy groups -OCH3 is 1. The van der Waals surface area contributed by atoms with E-state index in [1.807, 2.05) is 54.6 Å². The molecule has 2 amide bonds. The first-order valence-corrected chi connectivity index (χ1v) is 14.7. The molecule has 0 radical (unpaired) electrons. The summed E-state index contributed by atoms with van der Waals surface area (Å²) in [5.74, 6) is -0.969. The second-order valence-electron chi connectivity index (χ2n) is 11.6. The van der Waals surface area contributed by atoms with Crippen LogP contribution in [0.15, 0.2) is 54.6 Å². The molecule has 41 heavy (non-hydrogen) atoms. The lowest BCUT2D eigenvalue weighted by molar-refractivity contribution is -0.135. The van der Waals surface area contributed by atoms with Gasteiger partial charge in [0, 0.05) is 18.3 Å². The zero-order valence-electron chi connectivity index (χ0n) is 24.3. The molecule has 0 bridgehead atoms. The molecule has 220 valence electrons. The zero-order valence-corrected chi connectivity index (χ0v) is 24.3. The quantitative estimate of drug-likeness (QED) is 0.337. The third-order valence-corrected chi connectivity index (χ3v) is 8.29. The van der Waals surface area contributed by atoms with E-state index in [4.69, 9.17) is 9.47 Å². The minimum Gasteiger partial charge on any atom is -0.497 e. The molecular formula is C33H42N2O6. The lowest BCUT2D eigenvalue weighted by Gasteiger charge is -2.25. The summed E-state index contributed by atoms with van der Waals surface area (Å²) in [6.45, 7) is 3.73. The number of Topliss-reactive ketones (excluding diaryl/α,β-unsaturated/α-hetero) is 2. The number of carbonyl (C=O) groups is 4. The maximum absolute atomic E-state index is 13.8. The van der Waals surface area contributed by atoms with Crippen LogP contribution in [0.3, 0.4) is 0 Å². The van der Waals surface area contributed by atoms with Crippen LogP contribution in [0.2, 0.25) is 0 Å². The number of ketones is 2. The van der Waals surface area contributed by atoms with Gasteiger partial charge in [-0.15, -0.1) is 0 Å². The molecule has 0 unspecified atom stereocenters. The van der Waals surface area contributed by atoms with Crippen LogP contribution in [0.1, 0.15) is 63.5 Å². The Morgan fingerprint density at radius 1 is 0.927 bits per heavy atom. The molecule has 8 nitrogen and oxygen atoms in total. The van der Waals surface area contributed by atoms with Crippen LogP contribution in [0.5, 0.6) is 5.75 Å². The average Bonchev–Trinajstić information content (AvgIpc) is 3.75. The van der Waals surface area contributed by atoms with Gasteiger partial charge in [0.1, 0.15) is 11.4 Å². The van der Waals surface area contributed by atoms with Gasteiger partial charge in [-0.25, -0.2) is 0 Å². The lowest BCUT2D eigenvalue weighted by Crippen LogP contribution is -2.50. The third-order valence-electron chi connectivity index (χ3n) is 8.29. The molecule has 1 aliphatic heterocycles. The SMILES string of the molecule is COc1ccc(C[C@H](CC(=O)[C@@H](C)NC(=O)C2CCCCC2)C(=O)N[C@@H](Cc2ccccc2)C(=O)[C@@]2(C)CO2)cc1. The second-order valence-corrected chi connectivity index (χ2v) is 11.6. The third kappa shape index (κ3) is 8.49. The van der Waals surface area contributed by atoms with Gasteiger partial charge in [0.15, 0.2) is 11.6 Å². The van der Waals surface area contributed by atoms with Crippen LogP contribution in [0, 0.1) is 11.8 Å². The van der Waals surface area contributed by atoms with Gasteiger partial charge in [0.05, 0.1) is 25.8 Å². The summed E-state index contributed by atoms with van der Waals surface area (Å²) in [5, 5.41) is 5.84. The van der Waals surface area contributed by atoms with Crippen molar-refractivity contribution in [1.82, 2.24) is 10.6 Å². The molecule has 2 aromatic rings. The van der Waals surface area contributed by atoms with Gasteiger partial charge in [-0.05, 0) is 62.8 Å². The predicted octanol–water partition coefficient (Wildman–Crippen LogP) is 3.98. The van der Waals surface area contributed by atoms with Crippen molar-refractivity contribution < 1.29 is 28.7 Å². The molecule has 4 rings (SSSR count). The Bertz CT molecular complexity index is 1200. The van der Waals surface area contributed by atoms with E-state index in [-0.39, 0.29) is 35.7 Å². The first-order chi connectivity index (χ1) is 19.7. The van der Waals surface area contributed by atoms with Crippen molar-refractivity contribution in [3.63, 3.8) is 0 Å². The van der Waals surface area contributed by atoms with Gasteiger partial charge < -0.3 is 20.1 Å². The average molecular weight is 563 g/mol. The molecule has 1 saturated heterocycles. The maximum Gasteiger partial charge on any atom is 0.224 e. The fourth-order valence-corrected chi connectivity index (χ4v) is 5.47. The van der Waals surface area contributed by atoms with Crippen molar-refractivity contribution in [2.45, 2.75) is 82.9 Å². The van der Waals surface area contributed by atoms with Crippen molar-refractivity contribution in [2.24, 2.45) is 11.8 Å². The van der Waals surface area contributed by atoms with Gasteiger partial charge in [-0.3, -0.25) is 19.2 Å². The van der Waals surface area contributed by atoms with Crippen molar-refractivity contribution in [3.05, 3.63) is 65.7 Å². The second kappa shape index (κ2) is 13.9. The van der Waals surface area contributed by atoms with Gasteiger partial charge >= 0.3 is 0 Å². The molecule has 0 spiro atoms. The Kier molecular flexibility index (Phi) is 10.3. The number of carbonyl (C=O) groups excluding carboxylic acids is 4. The normalized spacial score (nSPS) is 20.8. The summed E-state index contributed by atoms with van der Waals surface area (Å²) in [7, 11) is 1.58. The van der Waals surface area contributed by atoms with E-state index in [0.717, 1.165) is 43.2 Å². The smallest absolute Gasteiger partial charge is 0.224 e. The molecule has 1 heterocycles. The largest absolute Gasteiger partial charge is 0.497 e. The molecule has 2 N–H and O–H groups in total. The van der Waals surface area contributed by atoms with Crippen molar-refractivity contribution in [1.29, 1.82) is 0 Å². The van der Waals surface area contributed by atoms with Gasteiger partial charge in [-0.2, -0.15) is 0 Å². The van der Waals surface area contributed by atoms with E-state index in [9.17, 15) is 19.2 Å². The highest BCUT2D eigenvalue weighted by Crippen LogP contribution is 2.29. The van der Waals surface area contributed by atoms with Crippen LogP contribution in [0.25, 0.3) is 0 Å². The van der Waals surface area contributed by atoms with E-state index in [1.54, 1.807) is 21.0 Å². The summed E-state index contributed by atoms with van der Waals surface area (Å²) in [5.41, 5.74) is 0.865. The summed E-state index contributed by atoms with van der Waals surface area (Å²) in [6.07, 6.45) is 5.42. The summed E-state index contributed by atoms with van der Waals surface area (Å²) < 4.78 is 10.7. The number of hydrogen-bond donors (Lipinski definition) is 2. The van der Waals surface area contributed by atoms with Crippen molar-refractivity contribution >= 4 is 23.4 Å². The summed E-state index contributed by atoms with van der Waals surface area (Å²) in [6, 6.07) is 15.4. The van der Waals surface area contributed by atoms with Crippen LogP contribution < -0.4 is 15.4 Å². The highest BCUT2D eigenvalue weighted by atomic mass is 16.6. The minimum atomic E-state index is -0.911. The zero-order chi connectivity index (χ0) is 29.4. The number of rotatable bonds is 14. The molecule has 0 aromatic heterocycles. The monoisotopic (exact) mass is 562 g/mol. The Hall–Kier alpha value is -3.52. The number of benzene rings is 2. The Morgan fingerprint density at radius 2 is 1.56 bits per heavy atom. The first kappa shape index (κ1) is 30.4. The number of nitrogens with one attached hydrogen (secondary N) is 2. The van der Waals surface area contributed by atoms with Crippen molar-refractivity contribution in [3.8, 4) is 5.75 Å². The molecule has 2 aliphatic rings. The molecule has 1 saturated carbocycles. The molecule has 2 aromatic carbocycles. The molecule has 8 heteroatoms. The highest BCUT2D eigenvalue weighted by molar-refractivity contribution is 5.98. The fraction of sp³-hybridized carbons (Fsp3) is 0.515. The molecule has 2 fully saturated rings. The van der Waals surface area contributed by atoms with E-state index in [1.165, 1.54) is 0 Å². The number of epoxide rings is 1. The highest BCUT2D eigenvalue weighted by Gasteiger charge is 2.50. The van der Waals surface area contributed by atoms with Gasteiger partial charge in [-0.1, -0.05) is 61.7 Å². The van der Waals surface area contributed by atoms with Crippen LogP contribution in [-0.4, -0.2) is 54.8 Å². The number of amides is 2. The van der Waals surface area contributed by atoms with Crippen LogP contribution >= 0.6 is 0 Å². The van der Waals surface area contributed by atoms with E-state index in [0.29, 0.717) is 25.2 Å². The standard InChI is InChI=1S/C33H42N2O6/c1-22(34-31(38)25-12-8-5-9-13-25)29(36)20-26(18-24-14-16-27(40-3)17-15-24)32(39)35-28(30(37)33(2)21-41-33)19-23-10-6-4-7-11-23/h4,6-7,10-11,14-17,22,25-26,28H,5,8-9,12-13,18-21H2,1-3H3,(H,34,38)(H,35,39)/t22-,26-,28+,33-/m1/s1. The minimum absolute atomic E-state index is 0.0619. The topological polar surface area (TPSA) is 114 Å². The van der Waals surface area contributed by atoms with E-state index >= 15 is 0 Å². The fourth-order valence-electron chi connectivity index (χ4n) is 5.47. The summed E-state index contributed by atoms with van der Waals surface area (Å²) in [4.78, 5) is 53.3.